The number of amides is 1. The highest BCUT2D eigenvalue weighted by atomic mass is 35.5. The monoisotopic (exact) mass is 381 g/mol. The zero-order chi connectivity index (χ0) is 18.7. The molecule has 0 fully saturated rings. The van der Waals surface area contributed by atoms with E-state index in [9.17, 15) is 18.0 Å². The van der Waals surface area contributed by atoms with Crippen LogP contribution in [0.15, 0.2) is 48.5 Å². The average molecular weight is 382 g/mol. The van der Waals surface area contributed by atoms with E-state index in [1.807, 2.05) is 0 Å². The minimum atomic E-state index is -4.57. The van der Waals surface area contributed by atoms with E-state index in [1.54, 1.807) is 24.3 Å². The third-order valence-corrected chi connectivity index (χ3v) is 3.56. The van der Waals surface area contributed by atoms with Crippen molar-refractivity contribution in [3.8, 4) is 11.4 Å². The van der Waals surface area contributed by atoms with Crippen LogP contribution in [-0.4, -0.2) is 26.1 Å². The van der Waals surface area contributed by atoms with Crippen LogP contribution in [-0.2, 0) is 17.5 Å². The molecule has 2 aromatic carbocycles. The Hall–Kier alpha value is -2.94. The van der Waals surface area contributed by atoms with Crippen LogP contribution in [0.4, 0.5) is 18.9 Å². The number of hydrogen-bond donors (Lipinski definition) is 1. The topological polar surface area (TPSA) is 72.7 Å². The van der Waals surface area contributed by atoms with Gasteiger partial charge in [0.15, 0.2) is 0 Å². The number of aromatic nitrogens is 4. The van der Waals surface area contributed by atoms with Crippen molar-refractivity contribution in [2.24, 2.45) is 0 Å². The lowest BCUT2D eigenvalue weighted by atomic mass is 10.1. The SMILES string of the molecule is O=C(Cn1nnc(-c2cccc(Cl)c2)n1)Nc1ccccc1C(F)(F)F. The maximum Gasteiger partial charge on any atom is 0.418 e. The van der Waals surface area contributed by atoms with Gasteiger partial charge in [-0.2, -0.15) is 18.0 Å². The molecule has 3 aromatic rings. The Morgan fingerprint density at radius 1 is 1.15 bits per heavy atom. The number of anilines is 1. The Morgan fingerprint density at radius 3 is 2.65 bits per heavy atom. The summed E-state index contributed by atoms with van der Waals surface area (Å²) in [4.78, 5) is 13.0. The maximum absolute atomic E-state index is 12.9. The van der Waals surface area contributed by atoms with Crippen molar-refractivity contribution in [2.45, 2.75) is 12.7 Å². The molecule has 0 saturated heterocycles. The lowest BCUT2D eigenvalue weighted by Gasteiger charge is -2.13. The second-order valence-electron chi connectivity index (χ2n) is 5.25. The molecule has 0 aliphatic rings. The van der Waals surface area contributed by atoms with Gasteiger partial charge in [-0.3, -0.25) is 4.79 Å². The fourth-order valence-corrected chi connectivity index (χ4v) is 2.40. The summed E-state index contributed by atoms with van der Waals surface area (Å²) in [5.74, 6) is -0.465. The fourth-order valence-electron chi connectivity index (χ4n) is 2.21. The standard InChI is InChI=1S/C16H11ClF3N5O/c17-11-5-3-4-10(8-11)15-22-24-25(23-15)9-14(26)21-13-7-2-1-6-12(13)16(18,19)20/h1-8H,9H2,(H,21,26). The van der Waals surface area contributed by atoms with Gasteiger partial charge in [0.2, 0.25) is 11.7 Å². The number of halogens is 4. The molecule has 1 amide bonds. The minimum Gasteiger partial charge on any atom is -0.324 e. The van der Waals surface area contributed by atoms with Crippen molar-refractivity contribution in [1.82, 2.24) is 20.2 Å². The number of tetrazole rings is 1. The van der Waals surface area contributed by atoms with Gasteiger partial charge in [-0.05, 0) is 29.5 Å². The molecular formula is C16H11ClF3N5O. The minimum absolute atomic E-state index is 0.246. The second kappa shape index (κ2) is 7.12. The van der Waals surface area contributed by atoms with Crippen LogP contribution in [0.25, 0.3) is 11.4 Å². The third-order valence-electron chi connectivity index (χ3n) is 3.33. The summed E-state index contributed by atoms with van der Waals surface area (Å²) in [5, 5.41) is 14.3. The van der Waals surface area contributed by atoms with Crippen LogP contribution in [0.5, 0.6) is 0 Å². The molecule has 0 spiro atoms. The van der Waals surface area contributed by atoms with Crippen molar-refractivity contribution in [3.05, 3.63) is 59.1 Å². The molecular weight excluding hydrogens is 371 g/mol. The third kappa shape index (κ3) is 4.17. The molecule has 1 N–H and O–H groups in total. The number of benzene rings is 2. The lowest BCUT2D eigenvalue weighted by molar-refractivity contribution is -0.137. The van der Waals surface area contributed by atoms with E-state index in [2.05, 4.69) is 20.7 Å². The van der Waals surface area contributed by atoms with E-state index in [4.69, 9.17) is 11.6 Å². The van der Waals surface area contributed by atoms with Gasteiger partial charge in [0.1, 0.15) is 6.54 Å². The number of carbonyl (C=O) groups excluding carboxylic acids is 1. The highest BCUT2D eigenvalue weighted by Crippen LogP contribution is 2.34. The zero-order valence-corrected chi connectivity index (χ0v) is 13.8. The van der Waals surface area contributed by atoms with E-state index in [0.717, 1.165) is 10.9 Å². The first-order valence-electron chi connectivity index (χ1n) is 7.33. The lowest BCUT2D eigenvalue weighted by Crippen LogP contribution is -2.22. The number of carbonyl (C=O) groups is 1. The molecule has 0 aliphatic heterocycles. The van der Waals surface area contributed by atoms with Crippen LogP contribution in [0.2, 0.25) is 5.02 Å². The van der Waals surface area contributed by atoms with Gasteiger partial charge >= 0.3 is 6.18 Å². The summed E-state index contributed by atoms with van der Waals surface area (Å²) in [6, 6.07) is 11.4. The van der Waals surface area contributed by atoms with Crippen LogP contribution in [0, 0.1) is 0 Å². The Labute approximate surface area is 150 Å². The number of nitrogens with one attached hydrogen (secondary N) is 1. The normalized spacial score (nSPS) is 11.4. The van der Waals surface area contributed by atoms with Crippen molar-refractivity contribution in [2.75, 3.05) is 5.32 Å². The molecule has 0 atom stereocenters. The highest BCUT2D eigenvalue weighted by Gasteiger charge is 2.33. The summed E-state index contributed by atoms with van der Waals surface area (Å²) in [6.07, 6.45) is -4.57. The number of nitrogens with zero attached hydrogens (tertiary/aromatic N) is 4. The molecule has 0 aliphatic carbocycles. The van der Waals surface area contributed by atoms with Crippen molar-refractivity contribution in [1.29, 1.82) is 0 Å². The average Bonchev–Trinajstić information content (AvgIpc) is 3.02. The Bertz CT molecular complexity index is 941. The molecule has 0 radical (unpaired) electrons. The Morgan fingerprint density at radius 2 is 1.92 bits per heavy atom. The largest absolute Gasteiger partial charge is 0.418 e. The molecule has 1 aromatic heterocycles. The first kappa shape index (κ1) is 17.9. The molecule has 0 unspecified atom stereocenters. The van der Waals surface area contributed by atoms with E-state index >= 15 is 0 Å². The van der Waals surface area contributed by atoms with Gasteiger partial charge in [0.05, 0.1) is 11.3 Å². The smallest absolute Gasteiger partial charge is 0.324 e. The molecule has 0 bridgehead atoms. The van der Waals surface area contributed by atoms with E-state index < -0.39 is 17.6 Å². The molecule has 3 rings (SSSR count). The van der Waals surface area contributed by atoms with Crippen LogP contribution < -0.4 is 5.32 Å². The van der Waals surface area contributed by atoms with Gasteiger partial charge in [-0.25, -0.2) is 0 Å². The summed E-state index contributed by atoms with van der Waals surface area (Å²) >= 11 is 5.89. The molecule has 0 saturated carbocycles. The number of para-hydroxylation sites is 1. The van der Waals surface area contributed by atoms with Crippen LogP contribution >= 0.6 is 11.6 Å². The first-order chi connectivity index (χ1) is 12.3. The summed E-state index contributed by atoms with van der Waals surface area (Å²) in [6.45, 7) is -0.389. The van der Waals surface area contributed by atoms with Gasteiger partial charge in [-0.15, -0.1) is 10.2 Å². The number of hydrogen-bond acceptors (Lipinski definition) is 4. The van der Waals surface area contributed by atoms with Gasteiger partial charge in [0.25, 0.3) is 0 Å². The van der Waals surface area contributed by atoms with Gasteiger partial charge in [0, 0.05) is 10.6 Å². The maximum atomic E-state index is 12.9. The molecule has 1 heterocycles. The second-order valence-corrected chi connectivity index (χ2v) is 5.68. The molecule has 134 valence electrons. The Kier molecular flexibility index (Phi) is 4.90. The van der Waals surface area contributed by atoms with Crippen molar-refractivity contribution in [3.63, 3.8) is 0 Å². The predicted molar refractivity (Wildman–Crippen MR) is 88.3 cm³/mol. The van der Waals surface area contributed by atoms with Crippen LogP contribution in [0.1, 0.15) is 5.56 Å². The van der Waals surface area contributed by atoms with Gasteiger partial charge < -0.3 is 5.32 Å². The quantitative estimate of drug-likeness (QED) is 0.748. The van der Waals surface area contributed by atoms with E-state index in [1.165, 1.54) is 18.2 Å². The molecule has 6 nitrogen and oxygen atoms in total. The summed E-state index contributed by atoms with van der Waals surface area (Å²) < 4.78 is 38.8. The van der Waals surface area contributed by atoms with E-state index in [0.29, 0.717) is 10.6 Å². The van der Waals surface area contributed by atoms with Gasteiger partial charge in [-0.1, -0.05) is 35.9 Å². The first-order valence-corrected chi connectivity index (χ1v) is 7.70. The van der Waals surface area contributed by atoms with Crippen molar-refractivity contribution >= 4 is 23.2 Å². The predicted octanol–water partition coefficient (Wildman–Crippen LogP) is 3.65. The highest BCUT2D eigenvalue weighted by molar-refractivity contribution is 6.30. The van der Waals surface area contributed by atoms with Crippen molar-refractivity contribution < 1.29 is 18.0 Å². The number of rotatable bonds is 4. The van der Waals surface area contributed by atoms with Crippen LogP contribution in [0.3, 0.4) is 0 Å². The summed E-state index contributed by atoms with van der Waals surface area (Å²) in [7, 11) is 0. The number of alkyl halides is 3. The van der Waals surface area contributed by atoms with E-state index in [-0.39, 0.29) is 18.1 Å². The zero-order valence-electron chi connectivity index (χ0n) is 13.0. The summed E-state index contributed by atoms with van der Waals surface area (Å²) in [5.41, 5.74) is -0.661. The fraction of sp³-hybridized carbons (Fsp3) is 0.125. The molecule has 26 heavy (non-hydrogen) atoms. The molecule has 10 heteroatoms. The Balaban J connectivity index is 1.72.